The smallest absolute Gasteiger partial charge is 0.241 e. The molecule has 2 unspecified atom stereocenters. The third kappa shape index (κ3) is 2.55. The maximum absolute atomic E-state index is 12.7. The number of piperidine rings is 1. The van der Waals surface area contributed by atoms with Gasteiger partial charge in [0.25, 0.3) is 0 Å². The first-order valence-electron chi connectivity index (χ1n) is 8.55. The van der Waals surface area contributed by atoms with Crippen LogP contribution < -0.4 is 10.2 Å². The molecule has 1 aromatic carbocycles. The van der Waals surface area contributed by atoms with Crippen LogP contribution in [0.15, 0.2) is 24.3 Å². The van der Waals surface area contributed by atoms with Crippen LogP contribution >= 0.6 is 0 Å². The molecule has 4 heteroatoms. The average molecular weight is 299 g/mol. The molecule has 2 bridgehead atoms. The predicted octanol–water partition coefficient (Wildman–Crippen LogP) is 1.79. The molecule has 22 heavy (non-hydrogen) atoms. The Hall–Kier alpha value is -1.39. The summed E-state index contributed by atoms with van der Waals surface area (Å²) in [7, 11) is 2.12. The van der Waals surface area contributed by atoms with E-state index >= 15 is 0 Å². The Morgan fingerprint density at radius 2 is 2.00 bits per heavy atom. The molecule has 0 spiro atoms. The second-order valence-electron chi connectivity index (χ2n) is 7.10. The summed E-state index contributed by atoms with van der Waals surface area (Å²) < 4.78 is 0. The van der Waals surface area contributed by atoms with E-state index in [0.29, 0.717) is 24.7 Å². The molecule has 4 nitrogen and oxygen atoms in total. The van der Waals surface area contributed by atoms with Crippen molar-refractivity contribution in [2.45, 2.75) is 50.2 Å². The number of anilines is 1. The van der Waals surface area contributed by atoms with Crippen LogP contribution in [0, 0.1) is 0 Å². The first-order valence-corrected chi connectivity index (χ1v) is 8.55. The Morgan fingerprint density at radius 3 is 2.77 bits per heavy atom. The number of nitrogens with one attached hydrogen (secondary N) is 1. The number of nitrogens with zero attached hydrogens (tertiary/aromatic N) is 2. The molecule has 2 fully saturated rings. The van der Waals surface area contributed by atoms with Gasteiger partial charge >= 0.3 is 0 Å². The maximum Gasteiger partial charge on any atom is 0.241 e. The Bertz CT molecular complexity index is 561. The maximum atomic E-state index is 12.7. The summed E-state index contributed by atoms with van der Waals surface area (Å²) in [6, 6.07) is 10.2. The van der Waals surface area contributed by atoms with E-state index < -0.39 is 0 Å². The van der Waals surface area contributed by atoms with Crippen LogP contribution in [0.1, 0.15) is 31.2 Å². The van der Waals surface area contributed by atoms with Gasteiger partial charge in [0.15, 0.2) is 0 Å². The van der Waals surface area contributed by atoms with Crippen molar-refractivity contribution in [3.8, 4) is 0 Å². The number of carbonyl (C=O) groups is 1. The van der Waals surface area contributed by atoms with Crippen LogP contribution in [0.4, 0.5) is 5.69 Å². The molecular formula is C18H25N3O. The van der Waals surface area contributed by atoms with Gasteiger partial charge in [0.2, 0.25) is 5.91 Å². The highest BCUT2D eigenvalue weighted by molar-refractivity contribution is 5.96. The van der Waals surface area contributed by atoms with Crippen molar-refractivity contribution in [2.75, 3.05) is 25.0 Å². The van der Waals surface area contributed by atoms with Gasteiger partial charge in [-0.05, 0) is 50.8 Å². The number of para-hydroxylation sites is 1. The summed E-state index contributed by atoms with van der Waals surface area (Å²) in [5, 5.41) is 3.67. The highest BCUT2D eigenvalue weighted by Crippen LogP contribution is 2.30. The molecular weight excluding hydrogens is 274 g/mol. The number of likely N-dealkylation sites (N-methyl/N-ethyl adjacent to an activating group) is 1. The van der Waals surface area contributed by atoms with Gasteiger partial charge in [-0.3, -0.25) is 9.69 Å². The molecule has 3 aliphatic rings. The third-order valence-corrected chi connectivity index (χ3v) is 5.64. The Kier molecular flexibility index (Phi) is 3.66. The molecule has 1 N–H and O–H groups in total. The van der Waals surface area contributed by atoms with E-state index in [-0.39, 0.29) is 5.91 Å². The van der Waals surface area contributed by atoms with Crippen molar-refractivity contribution in [1.29, 1.82) is 0 Å². The zero-order valence-corrected chi connectivity index (χ0v) is 13.3. The fourth-order valence-electron chi connectivity index (χ4n) is 4.41. The van der Waals surface area contributed by atoms with Crippen LogP contribution in [0.2, 0.25) is 0 Å². The largest absolute Gasteiger partial charge is 0.311 e. The summed E-state index contributed by atoms with van der Waals surface area (Å²) in [5.74, 6) is 0.248. The van der Waals surface area contributed by atoms with E-state index in [1.165, 1.54) is 31.2 Å². The molecule has 118 valence electrons. The van der Waals surface area contributed by atoms with Gasteiger partial charge in [0.1, 0.15) is 0 Å². The molecule has 3 aliphatic heterocycles. The molecule has 4 rings (SSSR count). The van der Waals surface area contributed by atoms with E-state index in [1.807, 2.05) is 11.0 Å². The van der Waals surface area contributed by atoms with Crippen molar-refractivity contribution in [3.05, 3.63) is 29.8 Å². The summed E-state index contributed by atoms with van der Waals surface area (Å²) in [6.45, 7) is 1.38. The number of rotatable bonds is 3. The minimum atomic E-state index is 0.248. The Morgan fingerprint density at radius 1 is 1.27 bits per heavy atom. The van der Waals surface area contributed by atoms with Crippen LogP contribution in [0.3, 0.4) is 0 Å². The summed E-state index contributed by atoms with van der Waals surface area (Å²) in [5.41, 5.74) is 2.42. The van der Waals surface area contributed by atoms with Gasteiger partial charge in [0.05, 0.1) is 6.54 Å². The molecule has 0 radical (unpaired) electrons. The van der Waals surface area contributed by atoms with E-state index in [9.17, 15) is 4.79 Å². The van der Waals surface area contributed by atoms with Crippen LogP contribution in [-0.2, 0) is 11.2 Å². The summed E-state index contributed by atoms with van der Waals surface area (Å²) >= 11 is 0. The SMILES string of the molecule is CN(CC(=O)N1CCc2ccccc21)C1CC2CCC(C1)N2. The normalized spacial score (nSPS) is 29.9. The van der Waals surface area contributed by atoms with Gasteiger partial charge in [-0.25, -0.2) is 0 Å². The van der Waals surface area contributed by atoms with Crippen LogP contribution in [-0.4, -0.2) is 49.1 Å². The average Bonchev–Trinajstić information content (AvgIpc) is 3.10. The van der Waals surface area contributed by atoms with Gasteiger partial charge in [0, 0.05) is 30.4 Å². The lowest BCUT2D eigenvalue weighted by atomic mass is 9.98. The monoisotopic (exact) mass is 299 g/mol. The Balaban J connectivity index is 1.40. The number of carbonyl (C=O) groups excluding carboxylic acids is 1. The topological polar surface area (TPSA) is 35.6 Å². The number of fused-ring (bicyclic) bond motifs is 3. The fourth-order valence-corrected chi connectivity index (χ4v) is 4.41. The van der Waals surface area contributed by atoms with E-state index in [2.05, 4.69) is 35.5 Å². The zero-order valence-electron chi connectivity index (χ0n) is 13.3. The van der Waals surface area contributed by atoms with Gasteiger partial charge < -0.3 is 10.2 Å². The third-order valence-electron chi connectivity index (χ3n) is 5.64. The van der Waals surface area contributed by atoms with E-state index in [1.54, 1.807) is 0 Å². The predicted molar refractivity (Wildman–Crippen MR) is 88.1 cm³/mol. The van der Waals surface area contributed by atoms with Gasteiger partial charge in [-0.2, -0.15) is 0 Å². The van der Waals surface area contributed by atoms with Crippen LogP contribution in [0.5, 0.6) is 0 Å². The highest BCUT2D eigenvalue weighted by atomic mass is 16.2. The molecule has 2 atom stereocenters. The lowest BCUT2D eigenvalue weighted by Crippen LogP contribution is -2.49. The second-order valence-corrected chi connectivity index (χ2v) is 7.10. The number of benzene rings is 1. The van der Waals surface area contributed by atoms with Crippen molar-refractivity contribution in [1.82, 2.24) is 10.2 Å². The van der Waals surface area contributed by atoms with Crippen molar-refractivity contribution in [3.63, 3.8) is 0 Å². The second kappa shape index (κ2) is 5.67. The molecule has 0 saturated carbocycles. The highest BCUT2D eigenvalue weighted by Gasteiger charge is 2.36. The van der Waals surface area contributed by atoms with Crippen molar-refractivity contribution in [2.24, 2.45) is 0 Å². The minimum absolute atomic E-state index is 0.248. The first kappa shape index (κ1) is 14.2. The quantitative estimate of drug-likeness (QED) is 0.924. The van der Waals surface area contributed by atoms with E-state index in [0.717, 1.165) is 18.7 Å². The molecule has 3 heterocycles. The molecule has 0 aliphatic carbocycles. The number of hydrogen-bond acceptors (Lipinski definition) is 3. The molecule has 0 aromatic heterocycles. The Labute approximate surface area is 132 Å². The van der Waals surface area contributed by atoms with Crippen molar-refractivity contribution >= 4 is 11.6 Å². The summed E-state index contributed by atoms with van der Waals surface area (Å²) in [4.78, 5) is 17.0. The first-order chi connectivity index (χ1) is 10.7. The van der Waals surface area contributed by atoms with Crippen molar-refractivity contribution < 1.29 is 4.79 Å². The zero-order chi connectivity index (χ0) is 15.1. The molecule has 2 saturated heterocycles. The number of hydrogen-bond donors (Lipinski definition) is 1. The van der Waals surface area contributed by atoms with Gasteiger partial charge in [-0.1, -0.05) is 18.2 Å². The number of amides is 1. The fraction of sp³-hybridized carbons (Fsp3) is 0.611. The van der Waals surface area contributed by atoms with Gasteiger partial charge in [-0.15, -0.1) is 0 Å². The molecule has 1 aromatic rings. The lowest BCUT2D eigenvalue weighted by molar-refractivity contribution is -0.120. The standard InChI is InChI=1S/C18H25N3O/c1-20(16-10-14-6-7-15(11-16)19-14)12-18(22)21-9-8-13-4-2-3-5-17(13)21/h2-5,14-16,19H,6-12H2,1H3. The lowest BCUT2D eigenvalue weighted by Gasteiger charge is -2.35. The van der Waals surface area contributed by atoms with Crippen LogP contribution in [0.25, 0.3) is 0 Å². The minimum Gasteiger partial charge on any atom is -0.311 e. The summed E-state index contributed by atoms with van der Waals surface area (Å²) in [6.07, 6.45) is 5.99. The van der Waals surface area contributed by atoms with E-state index in [4.69, 9.17) is 0 Å². The molecule has 1 amide bonds.